The number of aliphatic hydroxyl groups excluding tert-OH is 1. The Labute approximate surface area is 328 Å². The highest BCUT2D eigenvalue weighted by Crippen LogP contribution is 2.43. The summed E-state index contributed by atoms with van der Waals surface area (Å²) in [6.45, 7) is 6.99. The molecule has 7 rings (SSSR count). The number of hydrogen-bond donors (Lipinski definition) is 4. The van der Waals surface area contributed by atoms with Crippen molar-refractivity contribution in [3.05, 3.63) is 125 Å². The van der Waals surface area contributed by atoms with E-state index >= 15 is 0 Å². The number of esters is 1. The molecule has 4 aromatic carbocycles. The Hall–Kier alpha value is -5.27. The van der Waals surface area contributed by atoms with Crippen molar-refractivity contribution in [1.82, 2.24) is 20.9 Å². The first kappa shape index (κ1) is 39.0. The molecule has 3 fully saturated rings. The van der Waals surface area contributed by atoms with Gasteiger partial charge in [-0.3, -0.25) is 9.59 Å². The average molecular weight is 762 g/mol. The van der Waals surface area contributed by atoms with Gasteiger partial charge in [-0.25, -0.2) is 4.79 Å². The largest absolute Gasteiger partial charge is 0.465 e. The van der Waals surface area contributed by atoms with Crippen molar-refractivity contribution in [3.8, 4) is 11.1 Å². The second-order valence-corrected chi connectivity index (χ2v) is 14.7. The Morgan fingerprint density at radius 2 is 1.61 bits per heavy atom. The van der Waals surface area contributed by atoms with Gasteiger partial charge in [-0.2, -0.15) is 0 Å². The molecule has 1 spiro atoms. The molecule has 4 atom stereocenters. The van der Waals surface area contributed by atoms with Crippen LogP contribution in [-0.2, 0) is 37.0 Å². The number of amides is 3. The van der Waals surface area contributed by atoms with E-state index in [0.717, 1.165) is 65.0 Å². The van der Waals surface area contributed by atoms with Crippen LogP contribution in [0.25, 0.3) is 11.1 Å². The molecule has 0 aliphatic carbocycles. The lowest BCUT2D eigenvalue weighted by Crippen LogP contribution is -2.57. The Morgan fingerprint density at radius 1 is 0.875 bits per heavy atom. The number of benzene rings is 4. The van der Waals surface area contributed by atoms with Crippen LogP contribution in [0.5, 0.6) is 0 Å². The first-order valence-electron chi connectivity index (χ1n) is 19.5. The van der Waals surface area contributed by atoms with E-state index in [-0.39, 0.29) is 43.8 Å². The molecule has 4 unspecified atom stereocenters. The van der Waals surface area contributed by atoms with Gasteiger partial charge in [-0.15, -0.1) is 0 Å². The van der Waals surface area contributed by atoms with Gasteiger partial charge in [0.15, 0.2) is 6.29 Å². The zero-order valence-electron chi connectivity index (χ0n) is 32.0. The summed E-state index contributed by atoms with van der Waals surface area (Å²) >= 11 is 0. The van der Waals surface area contributed by atoms with Crippen LogP contribution < -0.4 is 20.9 Å². The molecule has 12 nitrogen and oxygen atoms in total. The van der Waals surface area contributed by atoms with Crippen molar-refractivity contribution in [2.24, 2.45) is 5.92 Å². The van der Waals surface area contributed by atoms with Gasteiger partial charge in [-0.05, 0) is 65.8 Å². The van der Waals surface area contributed by atoms with Crippen LogP contribution in [0.3, 0.4) is 0 Å². The monoisotopic (exact) mass is 761 g/mol. The van der Waals surface area contributed by atoms with Crippen LogP contribution in [0.2, 0.25) is 0 Å². The molecule has 3 heterocycles. The number of urea groups is 1. The van der Waals surface area contributed by atoms with Crippen molar-refractivity contribution in [2.75, 3.05) is 44.4 Å². The summed E-state index contributed by atoms with van der Waals surface area (Å²) < 4.78 is 18.4. The molecule has 3 saturated heterocycles. The number of anilines is 1. The summed E-state index contributed by atoms with van der Waals surface area (Å²) in [6.07, 6.45) is 0.452. The van der Waals surface area contributed by atoms with Gasteiger partial charge < -0.3 is 45.1 Å². The summed E-state index contributed by atoms with van der Waals surface area (Å²) in [5.41, 5.74) is 6.18. The number of para-hydroxylation sites is 1. The minimum atomic E-state index is -0.610. The third-order valence-corrected chi connectivity index (χ3v) is 11.2. The topological polar surface area (TPSA) is 142 Å². The van der Waals surface area contributed by atoms with Gasteiger partial charge in [-0.1, -0.05) is 91.9 Å². The fourth-order valence-corrected chi connectivity index (χ4v) is 8.02. The highest BCUT2D eigenvalue weighted by molar-refractivity contribution is 5.93. The van der Waals surface area contributed by atoms with Crippen LogP contribution in [0, 0.1) is 5.92 Å². The van der Waals surface area contributed by atoms with Gasteiger partial charge in [0.25, 0.3) is 0 Å². The van der Waals surface area contributed by atoms with E-state index in [4.69, 9.17) is 14.2 Å². The van der Waals surface area contributed by atoms with Crippen LogP contribution in [0.4, 0.5) is 10.5 Å². The number of hydrogen-bond acceptors (Lipinski definition) is 9. The molecule has 56 heavy (non-hydrogen) atoms. The molecule has 294 valence electrons. The summed E-state index contributed by atoms with van der Waals surface area (Å²) in [4.78, 5) is 41.7. The second kappa shape index (κ2) is 17.7. The van der Waals surface area contributed by atoms with Crippen molar-refractivity contribution in [3.63, 3.8) is 0 Å². The average Bonchev–Trinajstić information content (AvgIpc) is 3.55. The van der Waals surface area contributed by atoms with Gasteiger partial charge in [0.05, 0.1) is 32.1 Å². The fourth-order valence-electron chi connectivity index (χ4n) is 8.02. The maximum atomic E-state index is 13.3. The maximum absolute atomic E-state index is 13.3. The highest BCUT2D eigenvalue weighted by Gasteiger charge is 2.51. The summed E-state index contributed by atoms with van der Waals surface area (Å²) in [6, 6.07) is 33.8. The van der Waals surface area contributed by atoms with Crippen molar-refractivity contribution in [1.29, 1.82) is 0 Å². The number of carbonyl (C=O) groups is 3. The van der Waals surface area contributed by atoms with Crippen LogP contribution >= 0.6 is 0 Å². The Bertz CT molecular complexity index is 1950. The quantitative estimate of drug-likeness (QED) is 0.139. The van der Waals surface area contributed by atoms with Crippen molar-refractivity contribution >= 4 is 23.6 Å². The lowest BCUT2D eigenvalue weighted by molar-refractivity contribution is -0.276. The van der Waals surface area contributed by atoms with E-state index in [0.29, 0.717) is 19.8 Å². The fraction of sp³-hybridized carbons (Fsp3) is 0.386. The first-order valence-corrected chi connectivity index (χ1v) is 19.5. The molecular weight excluding hydrogens is 711 g/mol. The molecule has 4 N–H and O–H groups in total. The molecule has 0 aromatic heterocycles. The molecule has 12 heteroatoms. The molecule has 3 amide bonds. The number of aliphatic hydroxyl groups is 1. The molecule has 4 aromatic rings. The van der Waals surface area contributed by atoms with Crippen molar-refractivity contribution in [2.45, 2.75) is 63.9 Å². The molecule has 0 radical (unpaired) electrons. The minimum absolute atomic E-state index is 0.0237. The van der Waals surface area contributed by atoms with E-state index in [1.807, 2.05) is 91.0 Å². The number of likely N-dealkylation sites (tertiary alicyclic amines) is 1. The molecule has 3 aliphatic rings. The number of rotatable bonds is 12. The van der Waals surface area contributed by atoms with Crippen LogP contribution in [0.15, 0.2) is 103 Å². The Morgan fingerprint density at radius 3 is 2.32 bits per heavy atom. The number of nitrogens with zero attached hydrogens (tertiary/aromatic N) is 2. The lowest BCUT2D eigenvalue weighted by Gasteiger charge is -2.46. The molecular formula is C44H51N5O7. The van der Waals surface area contributed by atoms with Crippen LogP contribution in [0.1, 0.15) is 61.3 Å². The van der Waals surface area contributed by atoms with Gasteiger partial charge in [0.2, 0.25) is 5.91 Å². The van der Waals surface area contributed by atoms with Gasteiger partial charge in [0, 0.05) is 43.3 Å². The number of carbonyl (C=O) groups excluding carboxylic acids is 3. The minimum Gasteiger partial charge on any atom is -0.465 e. The Kier molecular flexibility index (Phi) is 12.3. The van der Waals surface area contributed by atoms with Crippen molar-refractivity contribution < 1.29 is 33.7 Å². The zero-order chi connectivity index (χ0) is 39.1. The smallest absolute Gasteiger partial charge is 0.325 e. The maximum Gasteiger partial charge on any atom is 0.325 e. The molecule has 0 bridgehead atoms. The number of ether oxygens (including phenoxy) is 3. The highest BCUT2D eigenvalue weighted by atomic mass is 16.7. The summed E-state index contributed by atoms with van der Waals surface area (Å²) in [5.74, 6) is -0.355. The lowest BCUT2D eigenvalue weighted by atomic mass is 9.84. The first-order chi connectivity index (χ1) is 27.3. The summed E-state index contributed by atoms with van der Waals surface area (Å²) in [5, 5.41) is 18.1. The molecule has 0 saturated carbocycles. The van der Waals surface area contributed by atoms with E-state index in [1.165, 1.54) is 0 Å². The Balaban J connectivity index is 1.04. The third kappa shape index (κ3) is 8.74. The standard InChI is InChI=1S/C44H51N5O7/c1-3-54-39(51)26-46-43(53)45-25-32-8-7-9-36(24-32)33-16-18-35(19-17-33)41-55-38(30(2)40(56-41)34-14-12-31(28-50)13-15-34)27-48-22-20-44(21-23-48)42(52)47-29-49(44)37-10-5-4-6-11-37/h4-19,24,30,38,40-41,50H,3,20-23,25-29H2,1-2H3,(H,47,52)(H2,45,46,53). The predicted molar refractivity (Wildman–Crippen MR) is 212 cm³/mol. The zero-order valence-corrected chi connectivity index (χ0v) is 32.0. The number of piperidine rings is 1. The van der Waals surface area contributed by atoms with E-state index in [9.17, 15) is 19.5 Å². The van der Waals surface area contributed by atoms with Gasteiger partial charge >= 0.3 is 12.0 Å². The molecule has 3 aliphatic heterocycles. The van der Waals surface area contributed by atoms with E-state index < -0.39 is 23.8 Å². The predicted octanol–water partition coefficient (Wildman–Crippen LogP) is 5.43. The van der Waals surface area contributed by atoms with Crippen LogP contribution in [-0.4, -0.2) is 79.0 Å². The van der Waals surface area contributed by atoms with Gasteiger partial charge in [0.1, 0.15) is 12.1 Å². The normalized spacial score (nSPS) is 22.1. The van der Waals surface area contributed by atoms with E-state index in [2.05, 4.69) is 44.8 Å². The summed E-state index contributed by atoms with van der Waals surface area (Å²) in [7, 11) is 0. The van der Waals surface area contributed by atoms with E-state index in [1.54, 1.807) is 6.92 Å². The third-order valence-electron chi connectivity index (χ3n) is 11.2. The SMILES string of the molecule is CCOC(=O)CNC(=O)NCc1cccc(-c2ccc(C3OC(CN4CCC5(CC4)C(=O)NCN5c4ccccc4)C(C)C(c4ccc(CO)cc4)O3)cc2)c1. The second-order valence-electron chi connectivity index (χ2n) is 14.7. The number of nitrogens with one attached hydrogen (secondary N) is 3.